The first-order chi connectivity index (χ1) is 31.4. The molecule has 3 aliphatic rings. The molecule has 0 spiro atoms. The van der Waals surface area contributed by atoms with Crippen LogP contribution in [-0.2, 0) is 44.8 Å². The Hall–Kier alpha value is -6.52. The van der Waals surface area contributed by atoms with Crippen molar-refractivity contribution in [2.45, 2.75) is 102 Å². The number of likely N-dealkylation sites (tertiary alicyclic amines) is 1. The van der Waals surface area contributed by atoms with Gasteiger partial charge in [-0.25, -0.2) is 9.59 Å². The normalized spacial score (nSPS) is 19.2. The molecule has 1 N–H and O–H groups in total. The molecule has 1 saturated carbocycles. The minimum absolute atomic E-state index is 0.00471. The monoisotopic (exact) mass is 901 g/mol. The van der Waals surface area contributed by atoms with Gasteiger partial charge >= 0.3 is 11.9 Å². The van der Waals surface area contributed by atoms with Gasteiger partial charge in [-0.3, -0.25) is 19.2 Å². The van der Waals surface area contributed by atoms with Crippen molar-refractivity contribution in [3.8, 4) is 34.5 Å². The summed E-state index contributed by atoms with van der Waals surface area (Å²) in [6.07, 6.45) is 3.64. The minimum atomic E-state index is -0.832. The largest absolute Gasteiger partial charge is 0.493 e. The number of piperidine rings is 1. The number of rotatable bonds is 20. The van der Waals surface area contributed by atoms with Crippen LogP contribution in [0.15, 0.2) is 54.6 Å². The molecule has 2 heterocycles. The van der Waals surface area contributed by atoms with Gasteiger partial charge in [0.2, 0.25) is 11.7 Å². The second-order valence-corrected chi connectivity index (χ2v) is 16.2. The summed E-state index contributed by atoms with van der Waals surface area (Å²) in [5.41, 5.74) is 2.21. The molecule has 0 aromatic heterocycles. The molecular weight excluding hydrogens is 843 g/mol. The molecule has 0 radical (unpaired) electrons. The zero-order chi connectivity index (χ0) is 46.6. The highest BCUT2D eigenvalue weighted by atomic mass is 16.7. The molecule has 2 aliphatic heterocycles. The Bertz CT molecular complexity index is 2170. The Morgan fingerprint density at radius 1 is 0.754 bits per heavy atom. The Kier molecular flexibility index (Phi) is 16.5. The third-order valence-electron chi connectivity index (χ3n) is 12.2. The van der Waals surface area contributed by atoms with Crippen molar-refractivity contribution in [1.82, 2.24) is 15.3 Å². The van der Waals surface area contributed by atoms with Gasteiger partial charge in [-0.05, 0) is 111 Å². The molecule has 6 rings (SSSR count). The molecule has 17 heteroatoms. The number of carbonyl (C=O) groups excluding carboxylic acids is 6. The molecule has 0 bridgehead atoms. The van der Waals surface area contributed by atoms with Gasteiger partial charge in [0.15, 0.2) is 29.6 Å². The molecule has 350 valence electrons. The number of esters is 1. The molecule has 3 aromatic carbocycles. The van der Waals surface area contributed by atoms with Crippen molar-refractivity contribution in [2.24, 2.45) is 5.92 Å². The number of methoxy groups -OCH3 is 5. The van der Waals surface area contributed by atoms with Crippen LogP contribution in [0.1, 0.15) is 99.8 Å². The van der Waals surface area contributed by atoms with E-state index in [1.165, 1.54) is 21.3 Å². The molecule has 65 heavy (non-hydrogen) atoms. The van der Waals surface area contributed by atoms with Crippen LogP contribution < -0.4 is 33.7 Å². The first kappa shape index (κ1) is 47.9. The van der Waals surface area contributed by atoms with E-state index in [0.717, 1.165) is 18.4 Å². The summed E-state index contributed by atoms with van der Waals surface area (Å²) in [4.78, 5) is 85.1. The van der Waals surface area contributed by atoms with E-state index in [0.29, 0.717) is 95.8 Å². The maximum absolute atomic E-state index is 14.5. The number of amides is 4. The number of nitrogens with one attached hydrogen (secondary N) is 1. The van der Waals surface area contributed by atoms with E-state index in [-0.39, 0.29) is 37.8 Å². The Labute approximate surface area is 378 Å². The number of nitrogens with zero attached hydrogens (tertiary/aromatic N) is 2. The molecule has 2 unspecified atom stereocenters. The molecule has 3 aromatic rings. The van der Waals surface area contributed by atoms with E-state index in [1.54, 1.807) is 49.5 Å². The second kappa shape index (κ2) is 22.4. The van der Waals surface area contributed by atoms with Gasteiger partial charge in [-0.15, -0.1) is 5.06 Å². The average Bonchev–Trinajstić information content (AvgIpc) is 3.93. The molecule has 17 nitrogen and oxygen atoms in total. The van der Waals surface area contributed by atoms with Crippen LogP contribution in [0.2, 0.25) is 0 Å². The van der Waals surface area contributed by atoms with Crippen LogP contribution in [0.3, 0.4) is 0 Å². The Morgan fingerprint density at radius 3 is 2.12 bits per heavy atom. The second-order valence-electron chi connectivity index (χ2n) is 16.2. The van der Waals surface area contributed by atoms with E-state index < -0.39 is 53.6 Å². The van der Waals surface area contributed by atoms with E-state index in [1.807, 2.05) is 31.2 Å². The summed E-state index contributed by atoms with van der Waals surface area (Å²) in [5, 5.41) is 3.43. The van der Waals surface area contributed by atoms with Crippen molar-refractivity contribution in [2.75, 3.05) is 48.7 Å². The van der Waals surface area contributed by atoms with E-state index in [9.17, 15) is 28.8 Å². The Balaban J connectivity index is 1.15. The lowest BCUT2D eigenvalue weighted by Crippen LogP contribution is -2.50. The van der Waals surface area contributed by atoms with Gasteiger partial charge in [0, 0.05) is 25.4 Å². The number of benzene rings is 3. The molecule has 2 saturated heterocycles. The van der Waals surface area contributed by atoms with E-state index in [2.05, 4.69) is 5.32 Å². The molecule has 5 atom stereocenters. The number of hydroxylamine groups is 2. The number of imide groups is 1. The summed E-state index contributed by atoms with van der Waals surface area (Å²) in [7, 11) is 7.67. The third-order valence-corrected chi connectivity index (χ3v) is 12.2. The van der Waals surface area contributed by atoms with Crippen molar-refractivity contribution in [3.05, 3.63) is 71.3 Å². The number of carbonyl (C=O) groups is 6. The first-order valence-electron chi connectivity index (χ1n) is 22.0. The van der Waals surface area contributed by atoms with Gasteiger partial charge < -0.3 is 48.2 Å². The molecule has 3 fully saturated rings. The van der Waals surface area contributed by atoms with Crippen LogP contribution in [-0.4, -0.2) is 106 Å². The van der Waals surface area contributed by atoms with Gasteiger partial charge in [0.25, 0.3) is 17.7 Å². The van der Waals surface area contributed by atoms with Gasteiger partial charge in [-0.2, -0.15) is 0 Å². The summed E-state index contributed by atoms with van der Waals surface area (Å²) >= 11 is 0. The van der Waals surface area contributed by atoms with Crippen LogP contribution in [0.4, 0.5) is 0 Å². The number of hydrogen-bond donors (Lipinski definition) is 1. The van der Waals surface area contributed by atoms with E-state index >= 15 is 0 Å². The van der Waals surface area contributed by atoms with Crippen molar-refractivity contribution in [1.29, 1.82) is 0 Å². The lowest BCUT2D eigenvalue weighted by Gasteiger charge is -2.37. The van der Waals surface area contributed by atoms with Crippen molar-refractivity contribution < 1.29 is 66.8 Å². The van der Waals surface area contributed by atoms with Gasteiger partial charge in [-0.1, -0.05) is 25.1 Å². The fourth-order valence-electron chi connectivity index (χ4n) is 8.71. The topological polar surface area (TPSA) is 195 Å². The highest BCUT2D eigenvalue weighted by Crippen LogP contribution is 2.42. The fraction of sp³-hybridized carbons (Fsp3) is 0.500. The van der Waals surface area contributed by atoms with Crippen molar-refractivity contribution in [3.63, 3.8) is 0 Å². The third kappa shape index (κ3) is 11.6. The Morgan fingerprint density at radius 2 is 1.46 bits per heavy atom. The SMILES string of the molecule is CC[C@H](C(=O)N1CCCC[C@H]1C(=O)O[C@H](CCc1ccc(OC)c(OC)c1)c1cccc(OCC(=O)NC2CCC(C(=O)ON3C(=O)CCC3=O)C2)c1)c1cc(OC)c(OC)c(OC)c1. The molecular formula is C48H59N3O14. The summed E-state index contributed by atoms with van der Waals surface area (Å²) in [6, 6.07) is 15.0. The maximum atomic E-state index is 14.5. The van der Waals surface area contributed by atoms with Crippen molar-refractivity contribution >= 4 is 35.6 Å². The van der Waals surface area contributed by atoms with Gasteiger partial charge in [0.1, 0.15) is 17.9 Å². The minimum Gasteiger partial charge on any atom is -0.493 e. The highest BCUT2D eigenvalue weighted by molar-refractivity contribution is 6.01. The zero-order valence-electron chi connectivity index (χ0n) is 37.9. The smallest absolute Gasteiger partial charge is 0.336 e. The quantitative estimate of drug-likeness (QED) is 0.106. The predicted octanol–water partition coefficient (Wildman–Crippen LogP) is 5.79. The van der Waals surface area contributed by atoms with Crippen LogP contribution in [0.25, 0.3) is 0 Å². The van der Waals surface area contributed by atoms with E-state index in [4.69, 9.17) is 38.0 Å². The van der Waals surface area contributed by atoms with Gasteiger partial charge in [0.05, 0.1) is 47.4 Å². The highest BCUT2D eigenvalue weighted by Gasteiger charge is 2.40. The number of aryl methyl sites for hydroxylation is 1. The average molecular weight is 902 g/mol. The molecule has 4 amide bonds. The summed E-state index contributed by atoms with van der Waals surface area (Å²) < 4.78 is 40.0. The fourth-order valence-corrected chi connectivity index (χ4v) is 8.71. The molecule has 1 aliphatic carbocycles. The lowest BCUT2D eigenvalue weighted by molar-refractivity contribution is -0.200. The predicted molar refractivity (Wildman–Crippen MR) is 234 cm³/mol. The number of hydrogen-bond acceptors (Lipinski definition) is 14. The standard InChI is InChI=1S/C48H59N3O14/c1-7-35(32-26-40(60-4)45(62-6)41(27-32)61-5)46(55)50-22-9-8-13-36(50)48(57)64-37(18-14-29-15-19-38(58-2)39(23-29)59-3)30-11-10-12-34(25-30)63-28-42(52)49-33-17-16-31(24-33)47(56)65-51-43(53)20-21-44(51)54/h10-12,15,19,23,25-27,31,33,35-37H,7-9,13-14,16-18,20-22,24,28H2,1-6H3,(H,49,52)/t31?,33?,35-,36-,37+/m0/s1. The summed E-state index contributed by atoms with van der Waals surface area (Å²) in [5.74, 6) is -1.34. The lowest BCUT2D eigenvalue weighted by atomic mass is 9.91. The van der Waals surface area contributed by atoms with Crippen LogP contribution in [0, 0.1) is 5.92 Å². The zero-order valence-corrected chi connectivity index (χ0v) is 37.9. The van der Waals surface area contributed by atoms with Crippen LogP contribution >= 0.6 is 0 Å². The summed E-state index contributed by atoms with van der Waals surface area (Å²) in [6.45, 7) is 1.97. The first-order valence-corrected chi connectivity index (χ1v) is 22.0. The van der Waals surface area contributed by atoms with Crippen LogP contribution in [0.5, 0.6) is 34.5 Å². The maximum Gasteiger partial charge on any atom is 0.336 e. The number of ether oxygens (including phenoxy) is 7.